The van der Waals surface area contributed by atoms with Crippen molar-refractivity contribution < 1.29 is 9.18 Å². The summed E-state index contributed by atoms with van der Waals surface area (Å²) in [5.41, 5.74) is 1.25. The van der Waals surface area contributed by atoms with Crippen molar-refractivity contribution in [2.75, 3.05) is 0 Å². The van der Waals surface area contributed by atoms with E-state index in [1.54, 1.807) is 29.1 Å². The molecule has 2 rings (SSSR count). The number of carbonyl (C=O) groups is 1. The lowest BCUT2D eigenvalue weighted by molar-refractivity contribution is 0.0982. The number of carbonyl (C=O) groups excluding carboxylic acids is 1. The van der Waals surface area contributed by atoms with Crippen molar-refractivity contribution in [2.24, 2.45) is 0 Å². The molecule has 0 amide bonds. The van der Waals surface area contributed by atoms with Crippen LogP contribution in [-0.2, 0) is 13.0 Å². The number of hydrogen-bond donors (Lipinski definition) is 0. The molecular formula is C13H13FN2O. The van der Waals surface area contributed by atoms with Crippen LogP contribution in [-0.4, -0.2) is 15.6 Å². The summed E-state index contributed by atoms with van der Waals surface area (Å²) in [5, 5.41) is 4.04. The summed E-state index contributed by atoms with van der Waals surface area (Å²) in [6.45, 7) is 2.57. The first-order valence-corrected chi connectivity index (χ1v) is 5.50. The Bertz CT molecular complexity index is 534. The Morgan fingerprint density at radius 1 is 1.41 bits per heavy atom. The van der Waals surface area contributed by atoms with Crippen LogP contribution >= 0.6 is 0 Å². The molecule has 0 radical (unpaired) electrons. The molecule has 88 valence electrons. The second-order valence-corrected chi connectivity index (χ2v) is 3.76. The van der Waals surface area contributed by atoms with Gasteiger partial charge >= 0.3 is 0 Å². The summed E-state index contributed by atoms with van der Waals surface area (Å²) in [7, 11) is 0. The molecule has 2 aromatic rings. The molecule has 4 heteroatoms. The third-order valence-electron chi connectivity index (χ3n) is 2.56. The molecule has 0 aliphatic carbocycles. The monoisotopic (exact) mass is 232 g/mol. The van der Waals surface area contributed by atoms with Crippen LogP contribution in [0.4, 0.5) is 4.39 Å². The van der Waals surface area contributed by atoms with E-state index in [1.807, 2.05) is 6.92 Å². The zero-order chi connectivity index (χ0) is 12.3. The van der Waals surface area contributed by atoms with Gasteiger partial charge in [0.1, 0.15) is 11.5 Å². The van der Waals surface area contributed by atoms with Gasteiger partial charge in [-0.05, 0) is 30.7 Å². The second kappa shape index (κ2) is 4.91. The van der Waals surface area contributed by atoms with E-state index in [9.17, 15) is 9.18 Å². The number of aryl methyl sites for hydroxylation is 1. The number of Topliss-reactive ketones (excluding diaryl/α,β-unsaturated/α-hetero) is 1. The Hall–Kier alpha value is -1.97. The van der Waals surface area contributed by atoms with Crippen LogP contribution in [0.5, 0.6) is 0 Å². The third kappa shape index (κ3) is 2.58. The van der Waals surface area contributed by atoms with Crippen LogP contribution in [0.2, 0.25) is 0 Å². The largest absolute Gasteiger partial charge is 0.292 e. The molecular weight excluding hydrogens is 219 g/mol. The highest BCUT2D eigenvalue weighted by molar-refractivity contribution is 5.95. The van der Waals surface area contributed by atoms with Gasteiger partial charge in [-0.2, -0.15) is 5.10 Å². The van der Waals surface area contributed by atoms with Gasteiger partial charge in [-0.15, -0.1) is 0 Å². The Balaban J connectivity index is 2.17. The summed E-state index contributed by atoms with van der Waals surface area (Å²) >= 11 is 0. The van der Waals surface area contributed by atoms with E-state index in [-0.39, 0.29) is 18.0 Å². The number of aromatic nitrogens is 2. The molecule has 0 N–H and O–H groups in total. The maximum atomic E-state index is 13.0. The fourth-order valence-corrected chi connectivity index (χ4v) is 1.74. The molecule has 1 heterocycles. The van der Waals surface area contributed by atoms with Crippen molar-refractivity contribution in [1.82, 2.24) is 9.78 Å². The van der Waals surface area contributed by atoms with Gasteiger partial charge in [-0.3, -0.25) is 9.48 Å². The number of halogens is 1. The van der Waals surface area contributed by atoms with Crippen LogP contribution in [0.1, 0.15) is 23.0 Å². The van der Waals surface area contributed by atoms with Gasteiger partial charge in [-0.25, -0.2) is 4.39 Å². The van der Waals surface area contributed by atoms with Crippen molar-refractivity contribution in [3.8, 4) is 0 Å². The molecule has 0 spiro atoms. The van der Waals surface area contributed by atoms with Crippen LogP contribution < -0.4 is 0 Å². The highest BCUT2D eigenvalue weighted by Gasteiger charge is 2.11. The predicted octanol–water partition coefficient (Wildman–Crippen LogP) is 2.47. The Kier molecular flexibility index (Phi) is 3.32. The maximum Gasteiger partial charge on any atom is 0.185 e. The molecule has 0 bridgehead atoms. The van der Waals surface area contributed by atoms with E-state index in [0.29, 0.717) is 17.8 Å². The molecule has 3 nitrogen and oxygen atoms in total. The van der Waals surface area contributed by atoms with E-state index in [1.165, 1.54) is 12.1 Å². The van der Waals surface area contributed by atoms with Crippen molar-refractivity contribution in [3.05, 3.63) is 53.6 Å². The molecule has 0 aliphatic rings. The molecule has 1 aromatic carbocycles. The Morgan fingerprint density at radius 3 is 2.94 bits per heavy atom. The smallest absolute Gasteiger partial charge is 0.185 e. The Labute approximate surface area is 98.9 Å². The van der Waals surface area contributed by atoms with Gasteiger partial charge < -0.3 is 0 Å². The number of nitrogens with zero attached hydrogens (tertiary/aromatic N) is 2. The summed E-state index contributed by atoms with van der Waals surface area (Å²) in [6, 6.07) is 7.78. The average Bonchev–Trinajstić information content (AvgIpc) is 2.77. The standard InChI is InChI=1S/C13H13FN2O/c1-2-16-12(6-7-15-16)13(17)9-10-4-3-5-11(14)8-10/h3-8H,2,9H2,1H3. The van der Waals surface area contributed by atoms with Gasteiger partial charge in [0.05, 0.1) is 0 Å². The number of ketones is 1. The number of rotatable bonds is 4. The molecule has 1 aromatic heterocycles. The fraction of sp³-hybridized carbons (Fsp3) is 0.231. The lowest BCUT2D eigenvalue weighted by Crippen LogP contribution is -2.11. The summed E-state index contributed by atoms with van der Waals surface area (Å²) in [4.78, 5) is 12.0. The highest BCUT2D eigenvalue weighted by atomic mass is 19.1. The highest BCUT2D eigenvalue weighted by Crippen LogP contribution is 2.09. The van der Waals surface area contributed by atoms with E-state index in [0.717, 1.165) is 0 Å². The fourth-order valence-electron chi connectivity index (χ4n) is 1.74. The second-order valence-electron chi connectivity index (χ2n) is 3.76. The number of hydrogen-bond acceptors (Lipinski definition) is 2. The SMILES string of the molecule is CCn1nccc1C(=O)Cc1cccc(F)c1. The normalized spacial score (nSPS) is 10.5. The predicted molar refractivity (Wildman–Crippen MR) is 62.3 cm³/mol. The molecule has 0 saturated heterocycles. The van der Waals surface area contributed by atoms with Gasteiger partial charge in [0, 0.05) is 19.2 Å². The minimum Gasteiger partial charge on any atom is -0.292 e. The van der Waals surface area contributed by atoms with Crippen LogP contribution in [0, 0.1) is 5.82 Å². The van der Waals surface area contributed by atoms with Crippen LogP contribution in [0.25, 0.3) is 0 Å². The topological polar surface area (TPSA) is 34.9 Å². The summed E-state index contributed by atoms with van der Waals surface area (Å²) in [6.07, 6.45) is 1.80. The Morgan fingerprint density at radius 2 is 2.24 bits per heavy atom. The molecule has 17 heavy (non-hydrogen) atoms. The van der Waals surface area contributed by atoms with Crippen molar-refractivity contribution in [2.45, 2.75) is 19.9 Å². The summed E-state index contributed by atoms with van der Waals surface area (Å²) in [5.74, 6) is -0.366. The van der Waals surface area contributed by atoms with E-state index in [4.69, 9.17) is 0 Å². The van der Waals surface area contributed by atoms with Crippen LogP contribution in [0.15, 0.2) is 36.5 Å². The molecule has 0 fully saturated rings. The third-order valence-corrected chi connectivity index (χ3v) is 2.56. The van der Waals surface area contributed by atoms with E-state index < -0.39 is 0 Å². The molecule has 0 unspecified atom stereocenters. The average molecular weight is 232 g/mol. The minimum atomic E-state index is -0.320. The minimum absolute atomic E-state index is 0.0463. The van der Waals surface area contributed by atoms with Gasteiger partial charge in [0.15, 0.2) is 5.78 Å². The maximum absolute atomic E-state index is 13.0. The lowest BCUT2D eigenvalue weighted by atomic mass is 10.1. The van der Waals surface area contributed by atoms with Crippen molar-refractivity contribution >= 4 is 5.78 Å². The van der Waals surface area contributed by atoms with Gasteiger partial charge in [-0.1, -0.05) is 12.1 Å². The lowest BCUT2D eigenvalue weighted by Gasteiger charge is -2.04. The van der Waals surface area contributed by atoms with Gasteiger partial charge in [0.2, 0.25) is 0 Å². The van der Waals surface area contributed by atoms with E-state index >= 15 is 0 Å². The number of benzene rings is 1. The molecule has 0 saturated carbocycles. The molecule has 0 aliphatic heterocycles. The zero-order valence-corrected chi connectivity index (χ0v) is 9.56. The van der Waals surface area contributed by atoms with Gasteiger partial charge in [0.25, 0.3) is 0 Å². The zero-order valence-electron chi connectivity index (χ0n) is 9.56. The first-order chi connectivity index (χ1) is 8.20. The van der Waals surface area contributed by atoms with Crippen molar-refractivity contribution in [1.29, 1.82) is 0 Å². The molecule has 0 atom stereocenters. The first-order valence-electron chi connectivity index (χ1n) is 5.50. The van der Waals surface area contributed by atoms with E-state index in [2.05, 4.69) is 5.10 Å². The quantitative estimate of drug-likeness (QED) is 0.759. The first kappa shape index (κ1) is 11.5. The summed E-state index contributed by atoms with van der Waals surface area (Å²) < 4.78 is 14.6. The van der Waals surface area contributed by atoms with Crippen LogP contribution in [0.3, 0.4) is 0 Å². The van der Waals surface area contributed by atoms with Crippen molar-refractivity contribution in [3.63, 3.8) is 0 Å².